The van der Waals surface area contributed by atoms with Crippen LogP contribution in [0.15, 0.2) is 48.7 Å². The molecule has 2 rings (SSSR count). The molecular formula is C19H27Cl2N3O. The SMILES string of the molecule is CCCC(N)C(=O)N(Cc1cccc(C)c1)Cc1ccccn1.Cl.Cl. The van der Waals surface area contributed by atoms with Gasteiger partial charge in [-0.15, -0.1) is 24.8 Å². The number of carbonyl (C=O) groups excluding carboxylic acids is 1. The largest absolute Gasteiger partial charge is 0.331 e. The molecule has 2 N–H and O–H groups in total. The van der Waals surface area contributed by atoms with Crippen molar-refractivity contribution in [3.63, 3.8) is 0 Å². The molecule has 0 aliphatic carbocycles. The second kappa shape index (κ2) is 11.9. The molecule has 0 bridgehead atoms. The lowest BCUT2D eigenvalue weighted by Gasteiger charge is -2.25. The predicted octanol–water partition coefficient (Wildman–Crippen LogP) is 3.89. The Morgan fingerprint density at radius 2 is 1.92 bits per heavy atom. The fourth-order valence-corrected chi connectivity index (χ4v) is 2.60. The fraction of sp³-hybridized carbons (Fsp3) is 0.368. The van der Waals surface area contributed by atoms with Gasteiger partial charge in [-0.3, -0.25) is 9.78 Å². The molecular weight excluding hydrogens is 357 g/mol. The van der Waals surface area contributed by atoms with Gasteiger partial charge in [-0.25, -0.2) is 0 Å². The number of aryl methyl sites for hydroxylation is 1. The normalized spacial score (nSPS) is 11.0. The first kappa shape index (κ1) is 23.4. The van der Waals surface area contributed by atoms with Crippen LogP contribution in [0.3, 0.4) is 0 Å². The molecule has 1 amide bonds. The van der Waals surface area contributed by atoms with E-state index >= 15 is 0 Å². The minimum Gasteiger partial charge on any atom is -0.331 e. The van der Waals surface area contributed by atoms with Crippen molar-refractivity contribution in [2.75, 3.05) is 0 Å². The van der Waals surface area contributed by atoms with E-state index in [1.165, 1.54) is 5.56 Å². The highest BCUT2D eigenvalue weighted by molar-refractivity contribution is 5.85. The van der Waals surface area contributed by atoms with Gasteiger partial charge >= 0.3 is 0 Å². The van der Waals surface area contributed by atoms with Crippen LogP contribution >= 0.6 is 24.8 Å². The van der Waals surface area contributed by atoms with Crippen molar-refractivity contribution in [1.29, 1.82) is 0 Å². The third-order valence-corrected chi connectivity index (χ3v) is 3.76. The summed E-state index contributed by atoms with van der Waals surface area (Å²) in [6, 6.07) is 13.5. The number of hydrogen-bond donors (Lipinski definition) is 1. The summed E-state index contributed by atoms with van der Waals surface area (Å²) in [5.74, 6) is -0.0148. The van der Waals surface area contributed by atoms with Crippen molar-refractivity contribution in [3.8, 4) is 0 Å². The lowest BCUT2D eigenvalue weighted by molar-refractivity contribution is -0.134. The average molecular weight is 384 g/mol. The van der Waals surface area contributed by atoms with E-state index in [0.29, 0.717) is 19.5 Å². The molecule has 1 aromatic carbocycles. The molecule has 1 unspecified atom stereocenters. The van der Waals surface area contributed by atoms with Gasteiger partial charge in [0, 0.05) is 12.7 Å². The van der Waals surface area contributed by atoms with Crippen LogP contribution in [0.1, 0.15) is 36.6 Å². The number of nitrogens with two attached hydrogens (primary N) is 1. The van der Waals surface area contributed by atoms with Crippen LogP contribution < -0.4 is 5.73 Å². The van der Waals surface area contributed by atoms with Gasteiger partial charge in [0.2, 0.25) is 5.91 Å². The molecule has 138 valence electrons. The third-order valence-electron chi connectivity index (χ3n) is 3.76. The van der Waals surface area contributed by atoms with Gasteiger partial charge in [0.1, 0.15) is 0 Å². The van der Waals surface area contributed by atoms with Crippen molar-refractivity contribution in [3.05, 3.63) is 65.5 Å². The van der Waals surface area contributed by atoms with E-state index in [4.69, 9.17) is 5.73 Å². The van der Waals surface area contributed by atoms with Crippen molar-refractivity contribution < 1.29 is 4.79 Å². The number of aromatic nitrogens is 1. The van der Waals surface area contributed by atoms with Crippen molar-refractivity contribution in [2.24, 2.45) is 5.73 Å². The molecule has 0 aliphatic heterocycles. The molecule has 0 fully saturated rings. The number of carbonyl (C=O) groups is 1. The van der Waals surface area contributed by atoms with Crippen LogP contribution in [-0.2, 0) is 17.9 Å². The highest BCUT2D eigenvalue weighted by Gasteiger charge is 2.21. The van der Waals surface area contributed by atoms with Gasteiger partial charge in [-0.05, 0) is 31.0 Å². The summed E-state index contributed by atoms with van der Waals surface area (Å²) in [6.45, 7) is 5.12. The summed E-state index contributed by atoms with van der Waals surface area (Å²) in [5.41, 5.74) is 9.22. The molecule has 0 aliphatic rings. The molecule has 6 heteroatoms. The number of amides is 1. The van der Waals surface area contributed by atoms with Gasteiger partial charge in [0.25, 0.3) is 0 Å². The smallest absolute Gasteiger partial charge is 0.240 e. The molecule has 1 aromatic heterocycles. The minimum absolute atomic E-state index is 0. The molecule has 0 spiro atoms. The fourth-order valence-electron chi connectivity index (χ4n) is 2.60. The van der Waals surface area contributed by atoms with Crippen molar-refractivity contribution in [2.45, 2.75) is 45.8 Å². The lowest BCUT2D eigenvalue weighted by Crippen LogP contribution is -2.43. The molecule has 2 aromatic rings. The second-order valence-corrected chi connectivity index (χ2v) is 5.90. The van der Waals surface area contributed by atoms with Crippen LogP contribution in [0, 0.1) is 6.92 Å². The van der Waals surface area contributed by atoms with Gasteiger partial charge in [-0.1, -0.05) is 49.2 Å². The molecule has 4 nitrogen and oxygen atoms in total. The molecule has 0 saturated carbocycles. The van der Waals surface area contributed by atoms with Crippen molar-refractivity contribution in [1.82, 2.24) is 9.88 Å². The lowest BCUT2D eigenvalue weighted by atomic mass is 10.1. The van der Waals surface area contributed by atoms with Gasteiger partial charge in [0.15, 0.2) is 0 Å². The molecule has 0 saturated heterocycles. The Kier molecular flexibility index (Phi) is 11.1. The van der Waals surface area contributed by atoms with Gasteiger partial charge in [-0.2, -0.15) is 0 Å². The number of benzene rings is 1. The summed E-state index contributed by atoms with van der Waals surface area (Å²) < 4.78 is 0. The zero-order valence-electron chi connectivity index (χ0n) is 14.7. The van der Waals surface area contributed by atoms with Crippen molar-refractivity contribution >= 4 is 30.7 Å². The first-order valence-corrected chi connectivity index (χ1v) is 8.10. The summed E-state index contributed by atoms with van der Waals surface area (Å²) in [4.78, 5) is 18.8. The third kappa shape index (κ3) is 7.43. The Labute approximate surface area is 162 Å². The number of halogens is 2. The standard InChI is InChI=1S/C19H25N3O.2ClH/c1-3-7-18(20)19(23)22(14-17-10-4-5-11-21-17)13-16-9-6-8-15(2)12-16;;/h4-6,8-12,18H,3,7,13-14,20H2,1-2H3;2*1H. The van der Waals surface area contributed by atoms with E-state index in [0.717, 1.165) is 17.7 Å². The Bertz CT molecular complexity index is 638. The summed E-state index contributed by atoms with van der Waals surface area (Å²) in [6.07, 6.45) is 3.34. The highest BCUT2D eigenvalue weighted by atomic mass is 35.5. The van der Waals surface area contributed by atoms with Crippen LogP contribution in [0.5, 0.6) is 0 Å². The molecule has 25 heavy (non-hydrogen) atoms. The zero-order valence-corrected chi connectivity index (χ0v) is 16.4. The zero-order chi connectivity index (χ0) is 16.7. The second-order valence-electron chi connectivity index (χ2n) is 5.90. The van der Waals surface area contributed by atoms with E-state index in [2.05, 4.69) is 24.0 Å². The van der Waals surface area contributed by atoms with Crippen LogP contribution in [-0.4, -0.2) is 21.8 Å². The molecule has 0 radical (unpaired) electrons. The average Bonchev–Trinajstić information content (AvgIpc) is 2.55. The summed E-state index contributed by atoms with van der Waals surface area (Å²) >= 11 is 0. The Hall–Kier alpha value is -1.62. The van der Waals surface area contributed by atoms with Crippen LogP contribution in [0.2, 0.25) is 0 Å². The van der Waals surface area contributed by atoms with Gasteiger partial charge < -0.3 is 10.6 Å². The monoisotopic (exact) mass is 383 g/mol. The summed E-state index contributed by atoms with van der Waals surface area (Å²) in [7, 11) is 0. The predicted molar refractivity (Wildman–Crippen MR) is 107 cm³/mol. The maximum Gasteiger partial charge on any atom is 0.240 e. The van der Waals surface area contributed by atoms with E-state index in [-0.39, 0.29) is 30.7 Å². The van der Waals surface area contributed by atoms with Gasteiger partial charge in [0.05, 0.1) is 18.3 Å². The maximum absolute atomic E-state index is 12.7. The summed E-state index contributed by atoms with van der Waals surface area (Å²) in [5, 5.41) is 0. The Balaban J connectivity index is 0.00000288. The van der Waals surface area contributed by atoms with E-state index < -0.39 is 6.04 Å². The number of nitrogens with zero attached hydrogens (tertiary/aromatic N) is 2. The highest BCUT2D eigenvalue weighted by Crippen LogP contribution is 2.13. The first-order valence-electron chi connectivity index (χ1n) is 8.10. The van der Waals surface area contributed by atoms with E-state index in [1.54, 1.807) is 11.1 Å². The number of hydrogen-bond acceptors (Lipinski definition) is 3. The maximum atomic E-state index is 12.7. The molecule has 1 atom stereocenters. The Morgan fingerprint density at radius 3 is 2.52 bits per heavy atom. The topological polar surface area (TPSA) is 59.2 Å². The van der Waals surface area contributed by atoms with E-state index in [9.17, 15) is 4.79 Å². The van der Waals surface area contributed by atoms with E-state index in [1.807, 2.05) is 37.3 Å². The van der Waals surface area contributed by atoms with Crippen LogP contribution in [0.25, 0.3) is 0 Å². The Morgan fingerprint density at radius 1 is 1.16 bits per heavy atom. The molecule has 1 heterocycles. The minimum atomic E-state index is -0.450. The number of rotatable bonds is 7. The van der Waals surface area contributed by atoms with Crippen LogP contribution in [0.4, 0.5) is 0 Å². The quantitative estimate of drug-likeness (QED) is 0.788. The first-order chi connectivity index (χ1) is 11.1. The number of pyridine rings is 1.